The van der Waals surface area contributed by atoms with Crippen molar-refractivity contribution in [3.8, 4) is 10.8 Å². The standard InChI is InChI=1S/C15H17N7OS/c1-9-12(24-14(19-9)13-16-8-17-20-13)15(23)22-5-3-4-11(22)10-6-18-21(2)7-10/h6-8,11H,3-5H2,1-2H3,(H,16,17,20). The van der Waals surface area contributed by atoms with Crippen molar-refractivity contribution in [2.24, 2.45) is 7.05 Å². The van der Waals surface area contributed by atoms with Crippen LogP contribution < -0.4 is 0 Å². The number of nitrogens with zero attached hydrogens (tertiary/aromatic N) is 6. The lowest BCUT2D eigenvalue weighted by molar-refractivity contribution is 0.0739. The summed E-state index contributed by atoms with van der Waals surface area (Å²) >= 11 is 1.36. The van der Waals surface area contributed by atoms with E-state index in [1.54, 1.807) is 4.68 Å². The summed E-state index contributed by atoms with van der Waals surface area (Å²) in [5, 5.41) is 11.5. The molecule has 1 amide bonds. The third kappa shape index (κ3) is 2.50. The third-order valence-corrected chi connectivity index (χ3v) is 5.38. The summed E-state index contributed by atoms with van der Waals surface area (Å²) in [6.45, 7) is 2.62. The van der Waals surface area contributed by atoms with Crippen LogP contribution in [0.1, 0.15) is 39.8 Å². The van der Waals surface area contributed by atoms with E-state index < -0.39 is 0 Å². The molecule has 0 radical (unpaired) electrons. The van der Waals surface area contributed by atoms with Gasteiger partial charge in [-0.15, -0.1) is 11.3 Å². The van der Waals surface area contributed by atoms with Gasteiger partial charge < -0.3 is 4.90 Å². The van der Waals surface area contributed by atoms with Crippen molar-refractivity contribution in [3.05, 3.63) is 34.9 Å². The van der Waals surface area contributed by atoms with Gasteiger partial charge in [0.25, 0.3) is 5.91 Å². The van der Waals surface area contributed by atoms with Crippen molar-refractivity contribution in [1.29, 1.82) is 0 Å². The zero-order valence-corrected chi connectivity index (χ0v) is 14.2. The summed E-state index contributed by atoms with van der Waals surface area (Å²) in [5.41, 5.74) is 1.81. The highest BCUT2D eigenvalue weighted by Gasteiger charge is 2.33. The molecule has 8 nitrogen and oxygen atoms in total. The molecular formula is C15H17N7OS. The second-order valence-electron chi connectivity index (χ2n) is 5.87. The number of H-pyrrole nitrogens is 1. The average Bonchev–Trinajstić information content (AvgIpc) is 3.33. The van der Waals surface area contributed by atoms with Gasteiger partial charge >= 0.3 is 0 Å². The average molecular weight is 343 g/mol. The summed E-state index contributed by atoms with van der Waals surface area (Å²) in [7, 11) is 1.89. The molecule has 1 fully saturated rings. The number of hydrogen-bond donors (Lipinski definition) is 1. The van der Waals surface area contributed by atoms with E-state index >= 15 is 0 Å². The molecule has 0 spiro atoms. The summed E-state index contributed by atoms with van der Waals surface area (Å²) < 4.78 is 1.77. The van der Waals surface area contributed by atoms with E-state index in [1.807, 2.05) is 31.3 Å². The van der Waals surface area contributed by atoms with Gasteiger partial charge in [0.15, 0.2) is 10.8 Å². The molecule has 0 saturated carbocycles. The molecule has 1 aliphatic heterocycles. The fraction of sp³-hybridized carbons (Fsp3) is 0.400. The van der Waals surface area contributed by atoms with Crippen molar-refractivity contribution < 1.29 is 4.79 Å². The van der Waals surface area contributed by atoms with Crippen molar-refractivity contribution in [2.45, 2.75) is 25.8 Å². The lowest BCUT2D eigenvalue weighted by Crippen LogP contribution is -2.30. The van der Waals surface area contributed by atoms with Gasteiger partial charge in [0.1, 0.15) is 11.2 Å². The number of hydrogen-bond acceptors (Lipinski definition) is 6. The van der Waals surface area contributed by atoms with Gasteiger partial charge in [-0.1, -0.05) is 0 Å². The Bertz CT molecular complexity index is 866. The van der Waals surface area contributed by atoms with Crippen LogP contribution in [0.3, 0.4) is 0 Å². The highest BCUT2D eigenvalue weighted by Crippen LogP contribution is 2.35. The van der Waals surface area contributed by atoms with E-state index in [-0.39, 0.29) is 11.9 Å². The molecule has 0 aromatic carbocycles. The Hall–Kier alpha value is -2.55. The van der Waals surface area contributed by atoms with E-state index in [4.69, 9.17) is 0 Å². The molecule has 1 aliphatic rings. The quantitative estimate of drug-likeness (QED) is 0.784. The summed E-state index contributed by atoms with van der Waals surface area (Å²) in [6.07, 6.45) is 7.22. The molecule has 1 unspecified atom stereocenters. The largest absolute Gasteiger partial charge is 0.331 e. The Morgan fingerprint density at radius 1 is 1.46 bits per heavy atom. The molecule has 1 atom stereocenters. The highest BCUT2D eigenvalue weighted by atomic mass is 32.1. The zero-order valence-electron chi connectivity index (χ0n) is 13.4. The Kier molecular flexibility index (Phi) is 3.64. The molecule has 3 aromatic rings. The number of carbonyl (C=O) groups is 1. The predicted octanol–water partition coefficient (Wildman–Crippen LogP) is 1.95. The molecule has 3 aromatic heterocycles. The fourth-order valence-corrected chi connectivity index (χ4v) is 4.07. The van der Waals surface area contributed by atoms with Gasteiger partial charge in [-0.25, -0.2) is 9.97 Å². The normalized spacial score (nSPS) is 17.6. The summed E-state index contributed by atoms with van der Waals surface area (Å²) in [6, 6.07) is 0.0847. The number of aromatic nitrogens is 6. The molecule has 0 bridgehead atoms. The van der Waals surface area contributed by atoms with Crippen LogP contribution in [-0.2, 0) is 7.05 Å². The molecule has 4 rings (SSSR count). The Balaban J connectivity index is 1.63. The molecular weight excluding hydrogens is 326 g/mol. The van der Waals surface area contributed by atoms with Gasteiger partial charge in [0, 0.05) is 25.4 Å². The first-order valence-electron chi connectivity index (χ1n) is 7.76. The first kappa shape index (κ1) is 15.0. The van der Waals surface area contributed by atoms with Gasteiger partial charge in [-0.2, -0.15) is 10.2 Å². The van der Waals surface area contributed by atoms with Crippen molar-refractivity contribution in [2.75, 3.05) is 6.54 Å². The number of thiazole rings is 1. The molecule has 1 saturated heterocycles. The second-order valence-corrected chi connectivity index (χ2v) is 6.87. The number of amides is 1. The third-order valence-electron chi connectivity index (χ3n) is 4.23. The second kappa shape index (κ2) is 5.82. The van der Waals surface area contributed by atoms with Crippen LogP contribution in [0, 0.1) is 6.92 Å². The van der Waals surface area contributed by atoms with Crippen LogP contribution in [0.4, 0.5) is 0 Å². The van der Waals surface area contributed by atoms with Crippen molar-refractivity contribution in [3.63, 3.8) is 0 Å². The van der Waals surface area contributed by atoms with Crippen LogP contribution >= 0.6 is 11.3 Å². The highest BCUT2D eigenvalue weighted by molar-refractivity contribution is 7.17. The fourth-order valence-electron chi connectivity index (χ4n) is 3.10. The minimum absolute atomic E-state index is 0.0297. The van der Waals surface area contributed by atoms with E-state index in [1.165, 1.54) is 17.7 Å². The Morgan fingerprint density at radius 3 is 3.04 bits per heavy atom. The maximum atomic E-state index is 13.1. The summed E-state index contributed by atoms with van der Waals surface area (Å²) in [4.78, 5) is 24.2. The predicted molar refractivity (Wildman–Crippen MR) is 88.4 cm³/mol. The van der Waals surface area contributed by atoms with Crippen LogP contribution in [-0.4, -0.2) is 47.3 Å². The molecule has 0 aliphatic carbocycles. The van der Waals surface area contributed by atoms with Gasteiger partial charge in [0.2, 0.25) is 0 Å². The first-order chi connectivity index (χ1) is 11.6. The lowest BCUT2D eigenvalue weighted by atomic mass is 10.1. The van der Waals surface area contributed by atoms with Crippen LogP contribution in [0.5, 0.6) is 0 Å². The Morgan fingerprint density at radius 2 is 2.33 bits per heavy atom. The monoisotopic (exact) mass is 343 g/mol. The van der Waals surface area contributed by atoms with E-state index in [9.17, 15) is 4.79 Å². The van der Waals surface area contributed by atoms with Crippen molar-refractivity contribution >= 4 is 17.2 Å². The van der Waals surface area contributed by atoms with Crippen LogP contribution in [0.25, 0.3) is 10.8 Å². The minimum atomic E-state index is 0.0297. The Labute approximate surface area is 142 Å². The summed E-state index contributed by atoms with van der Waals surface area (Å²) in [5.74, 6) is 0.620. The number of carbonyl (C=O) groups excluding carboxylic acids is 1. The number of likely N-dealkylation sites (tertiary alicyclic amines) is 1. The molecule has 24 heavy (non-hydrogen) atoms. The smallest absolute Gasteiger partial charge is 0.266 e. The van der Waals surface area contributed by atoms with E-state index in [0.717, 1.165) is 30.6 Å². The molecule has 9 heteroatoms. The molecule has 1 N–H and O–H groups in total. The van der Waals surface area contributed by atoms with Gasteiger partial charge in [-0.05, 0) is 19.8 Å². The minimum Gasteiger partial charge on any atom is -0.331 e. The maximum absolute atomic E-state index is 13.1. The number of aryl methyl sites for hydroxylation is 2. The SMILES string of the molecule is Cc1nc(-c2ncn[nH]2)sc1C(=O)N1CCCC1c1cnn(C)c1. The molecule has 124 valence electrons. The van der Waals surface area contributed by atoms with Gasteiger partial charge in [0.05, 0.1) is 17.9 Å². The lowest BCUT2D eigenvalue weighted by Gasteiger charge is -2.23. The van der Waals surface area contributed by atoms with Crippen LogP contribution in [0.2, 0.25) is 0 Å². The topological polar surface area (TPSA) is 92.6 Å². The number of rotatable bonds is 3. The zero-order chi connectivity index (χ0) is 16.7. The van der Waals surface area contributed by atoms with Gasteiger partial charge in [-0.3, -0.25) is 14.6 Å². The van der Waals surface area contributed by atoms with E-state index in [0.29, 0.717) is 15.7 Å². The molecule has 4 heterocycles. The van der Waals surface area contributed by atoms with Crippen molar-refractivity contribution in [1.82, 2.24) is 34.8 Å². The maximum Gasteiger partial charge on any atom is 0.266 e. The number of nitrogens with one attached hydrogen (secondary N) is 1. The number of aromatic amines is 1. The van der Waals surface area contributed by atoms with E-state index in [2.05, 4.69) is 25.3 Å². The first-order valence-corrected chi connectivity index (χ1v) is 8.58. The van der Waals surface area contributed by atoms with Crippen LogP contribution in [0.15, 0.2) is 18.7 Å².